The summed E-state index contributed by atoms with van der Waals surface area (Å²) in [5.74, 6) is 0.225. The molecule has 2 aliphatic heterocycles. The van der Waals surface area contributed by atoms with Crippen LogP contribution in [0.5, 0.6) is 0 Å². The highest BCUT2D eigenvalue weighted by Crippen LogP contribution is 2.25. The Hall–Kier alpha value is -1.10. The fourth-order valence-electron chi connectivity index (χ4n) is 3.63. The summed E-state index contributed by atoms with van der Waals surface area (Å²) in [6.45, 7) is 6.48. The molecule has 2 amide bonds. The average molecular weight is 295 g/mol. The molecule has 0 spiro atoms. The van der Waals surface area contributed by atoms with Gasteiger partial charge in [-0.1, -0.05) is 13.8 Å². The van der Waals surface area contributed by atoms with E-state index in [1.165, 1.54) is 0 Å². The van der Waals surface area contributed by atoms with Crippen LogP contribution < -0.4 is 5.32 Å². The third kappa shape index (κ3) is 3.57. The van der Waals surface area contributed by atoms with Crippen molar-refractivity contribution in [3.05, 3.63) is 0 Å². The van der Waals surface area contributed by atoms with Crippen LogP contribution in [0, 0.1) is 5.92 Å². The summed E-state index contributed by atoms with van der Waals surface area (Å²) >= 11 is 0. The van der Waals surface area contributed by atoms with E-state index in [9.17, 15) is 9.59 Å². The standard InChI is InChI=1S/C16H29N3O2/c1-4-14(5-2)19-11-12(10-15(19)20)16(21)18-8-6-13(17-3)7-9-18/h12-14,17H,4-11H2,1-3H3. The Morgan fingerprint density at radius 3 is 2.43 bits per heavy atom. The summed E-state index contributed by atoms with van der Waals surface area (Å²) in [6.07, 6.45) is 4.37. The molecule has 2 rings (SSSR count). The maximum Gasteiger partial charge on any atom is 0.227 e. The number of nitrogens with one attached hydrogen (secondary N) is 1. The molecule has 0 aliphatic carbocycles. The highest BCUT2D eigenvalue weighted by Gasteiger charge is 2.39. The molecule has 1 atom stereocenters. The minimum Gasteiger partial charge on any atom is -0.342 e. The number of piperidine rings is 1. The molecule has 1 N–H and O–H groups in total. The molecular formula is C16H29N3O2. The van der Waals surface area contributed by atoms with Crippen LogP contribution in [0.3, 0.4) is 0 Å². The van der Waals surface area contributed by atoms with Crippen molar-refractivity contribution in [3.63, 3.8) is 0 Å². The topological polar surface area (TPSA) is 52.7 Å². The molecule has 5 heteroatoms. The smallest absolute Gasteiger partial charge is 0.227 e. The normalized spacial score (nSPS) is 24.2. The first-order valence-corrected chi connectivity index (χ1v) is 8.36. The van der Waals surface area contributed by atoms with E-state index in [4.69, 9.17) is 0 Å². The van der Waals surface area contributed by atoms with E-state index in [-0.39, 0.29) is 17.7 Å². The summed E-state index contributed by atoms with van der Waals surface area (Å²) in [4.78, 5) is 28.7. The van der Waals surface area contributed by atoms with Gasteiger partial charge in [-0.25, -0.2) is 0 Å². The monoisotopic (exact) mass is 295 g/mol. The lowest BCUT2D eigenvalue weighted by Gasteiger charge is -2.33. The second-order valence-electron chi connectivity index (χ2n) is 6.31. The fraction of sp³-hybridized carbons (Fsp3) is 0.875. The van der Waals surface area contributed by atoms with Crippen LogP contribution in [-0.4, -0.2) is 60.4 Å². The molecule has 0 aromatic rings. The summed E-state index contributed by atoms with van der Waals surface area (Å²) in [5.41, 5.74) is 0. The second-order valence-corrected chi connectivity index (χ2v) is 6.31. The van der Waals surface area contributed by atoms with E-state index in [0.29, 0.717) is 25.0 Å². The van der Waals surface area contributed by atoms with Crippen molar-refractivity contribution in [2.45, 2.75) is 58.0 Å². The Balaban J connectivity index is 1.91. The number of hydrogen-bond acceptors (Lipinski definition) is 3. The van der Waals surface area contributed by atoms with Crippen molar-refractivity contribution in [3.8, 4) is 0 Å². The molecule has 2 fully saturated rings. The van der Waals surface area contributed by atoms with Crippen LogP contribution in [0.1, 0.15) is 46.0 Å². The van der Waals surface area contributed by atoms with Crippen molar-refractivity contribution in [1.82, 2.24) is 15.1 Å². The molecule has 21 heavy (non-hydrogen) atoms. The van der Waals surface area contributed by atoms with E-state index in [1.807, 2.05) is 16.8 Å². The third-order valence-corrected chi connectivity index (χ3v) is 5.11. The SMILES string of the molecule is CCC(CC)N1CC(C(=O)N2CCC(NC)CC2)CC1=O. The number of carbonyl (C=O) groups is 2. The summed E-state index contributed by atoms with van der Waals surface area (Å²) < 4.78 is 0. The Labute approximate surface area is 128 Å². The second kappa shape index (κ2) is 7.25. The molecule has 2 aliphatic rings. The maximum atomic E-state index is 12.6. The van der Waals surface area contributed by atoms with Gasteiger partial charge in [0.2, 0.25) is 11.8 Å². The van der Waals surface area contributed by atoms with Gasteiger partial charge in [0.1, 0.15) is 0 Å². The lowest BCUT2D eigenvalue weighted by Crippen LogP contribution is -2.46. The largest absolute Gasteiger partial charge is 0.342 e. The Kier molecular flexibility index (Phi) is 5.62. The highest BCUT2D eigenvalue weighted by atomic mass is 16.2. The molecule has 2 heterocycles. The number of hydrogen-bond donors (Lipinski definition) is 1. The van der Waals surface area contributed by atoms with Crippen LogP contribution in [0.4, 0.5) is 0 Å². The van der Waals surface area contributed by atoms with Gasteiger partial charge >= 0.3 is 0 Å². The molecule has 0 radical (unpaired) electrons. The van der Waals surface area contributed by atoms with Gasteiger partial charge in [-0.3, -0.25) is 9.59 Å². The van der Waals surface area contributed by atoms with Crippen LogP contribution in [0.25, 0.3) is 0 Å². The molecule has 120 valence electrons. The molecule has 5 nitrogen and oxygen atoms in total. The zero-order valence-corrected chi connectivity index (χ0v) is 13.6. The summed E-state index contributed by atoms with van der Waals surface area (Å²) in [5, 5.41) is 3.28. The number of likely N-dealkylation sites (tertiary alicyclic amines) is 2. The zero-order chi connectivity index (χ0) is 15.4. The maximum absolute atomic E-state index is 12.6. The Morgan fingerprint density at radius 1 is 1.29 bits per heavy atom. The van der Waals surface area contributed by atoms with E-state index >= 15 is 0 Å². The predicted molar refractivity (Wildman–Crippen MR) is 82.9 cm³/mol. The molecule has 0 saturated carbocycles. The lowest BCUT2D eigenvalue weighted by molar-refractivity contribution is -0.136. The molecule has 0 aromatic heterocycles. The third-order valence-electron chi connectivity index (χ3n) is 5.11. The zero-order valence-electron chi connectivity index (χ0n) is 13.6. The number of nitrogens with zero attached hydrogens (tertiary/aromatic N) is 2. The summed E-state index contributed by atoms with van der Waals surface area (Å²) in [7, 11) is 1.98. The molecule has 0 bridgehead atoms. The van der Waals surface area contributed by atoms with Gasteiger partial charge in [-0.15, -0.1) is 0 Å². The van der Waals surface area contributed by atoms with Crippen LogP contribution in [-0.2, 0) is 9.59 Å². The van der Waals surface area contributed by atoms with Gasteiger partial charge in [0.05, 0.1) is 5.92 Å². The summed E-state index contributed by atoms with van der Waals surface area (Å²) in [6, 6.07) is 0.825. The minimum atomic E-state index is -0.121. The highest BCUT2D eigenvalue weighted by molar-refractivity contribution is 5.89. The first-order chi connectivity index (χ1) is 10.1. The van der Waals surface area contributed by atoms with Gasteiger partial charge < -0.3 is 15.1 Å². The lowest BCUT2D eigenvalue weighted by atomic mass is 10.0. The van der Waals surface area contributed by atoms with Crippen molar-refractivity contribution in [1.29, 1.82) is 0 Å². The predicted octanol–water partition coefficient (Wildman–Crippen LogP) is 1.23. The molecule has 1 unspecified atom stereocenters. The van der Waals surface area contributed by atoms with Crippen molar-refractivity contribution in [2.24, 2.45) is 5.92 Å². The van der Waals surface area contributed by atoms with Gasteiger partial charge in [-0.2, -0.15) is 0 Å². The minimum absolute atomic E-state index is 0.121. The van der Waals surface area contributed by atoms with E-state index < -0.39 is 0 Å². The van der Waals surface area contributed by atoms with Crippen molar-refractivity contribution < 1.29 is 9.59 Å². The van der Waals surface area contributed by atoms with Gasteiger partial charge in [0.15, 0.2) is 0 Å². The Morgan fingerprint density at radius 2 is 1.90 bits per heavy atom. The van der Waals surface area contributed by atoms with E-state index in [0.717, 1.165) is 38.8 Å². The van der Waals surface area contributed by atoms with E-state index in [1.54, 1.807) is 0 Å². The molecule has 0 aromatic carbocycles. The van der Waals surface area contributed by atoms with Crippen molar-refractivity contribution >= 4 is 11.8 Å². The van der Waals surface area contributed by atoms with E-state index in [2.05, 4.69) is 19.2 Å². The number of rotatable bonds is 5. The first kappa shape index (κ1) is 16.3. The van der Waals surface area contributed by atoms with Gasteiger partial charge in [-0.05, 0) is 32.7 Å². The number of carbonyl (C=O) groups excluding carboxylic acids is 2. The van der Waals surface area contributed by atoms with Crippen LogP contribution in [0.2, 0.25) is 0 Å². The molecule has 2 saturated heterocycles. The quantitative estimate of drug-likeness (QED) is 0.830. The number of amides is 2. The van der Waals surface area contributed by atoms with Crippen molar-refractivity contribution in [2.75, 3.05) is 26.7 Å². The van der Waals surface area contributed by atoms with Crippen LogP contribution in [0.15, 0.2) is 0 Å². The first-order valence-electron chi connectivity index (χ1n) is 8.36. The Bertz CT molecular complexity index is 374. The molecular weight excluding hydrogens is 266 g/mol. The van der Waals surface area contributed by atoms with Gasteiger partial charge in [0, 0.05) is 38.1 Å². The van der Waals surface area contributed by atoms with Gasteiger partial charge in [0.25, 0.3) is 0 Å². The average Bonchev–Trinajstić information content (AvgIpc) is 2.90. The fourth-order valence-corrected chi connectivity index (χ4v) is 3.63. The van der Waals surface area contributed by atoms with Crippen LogP contribution >= 0.6 is 0 Å².